The highest BCUT2D eigenvalue weighted by molar-refractivity contribution is 6.07. The zero-order valence-corrected chi connectivity index (χ0v) is 17.6. The van der Waals surface area contributed by atoms with Crippen LogP contribution in [0.3, 0.4) is 0 Å². The number of furan rings is 1. The molecule has 1 aliphatic rings. The summed E-state index contributed by atoms with van der Waals surface area (Å²) in [5.74, 6) is -0.817. The Labute approximate surface area is 182 Å². The fourth-order valence-electron chi connectivity index (χ4n) is 3.53. The number of hydrogen-bond acceptors (Lipinski definition) is 7. The third-order valence-electron chi connectivity index (χ3n) is 4.93. The van der Waals surface area contributed by atoms with Gasteiger partial charge in [-0.1, -0.05) is 13.8 Å². The molecule has 32 heavy (non-hydrogen) atoms. The first kappa shape index (κ1) is 22.5. The molecule has 0 saturated heterocycles. The molecule has 1 aliphatic carbocycles. The summed E-state index contributed by atoms with van der Waals surface area (Å²) in [4.78, 5) is 46.1. The van der Waals surface area contributed by atoms with Crippen LogP contribution >= 0.6 is 0 Å². The van der Waals surface area contributed by atoms with E-state index < -0.39 is 22.8 Å². The lowest BCUT2D eigenvalue weighted by Gasteiger charge is -2.29. The number of urea groups is 1. The number of primary amides is 1. The van der Waals surface area contributed by atoms with Gasteiger partial charge in [0.05, 0.1) is 10.6 Å². The molecular weight excluding hydrogens is 420 g/mol. The SMILES string of the molecule is Cc1c(C(=O)NNC(=O)c2ccc([N+](=O)[O-])cc2)oc2c1/C(=N\NC(N)=O)CC(C)(C)C2. The smallest absolute Gasteiger partial charge is 0.332 e. The van der Waals surface area contributed by atoms with E-state index in [4.69, 9.17) is 10.2 Å². The summed E-state index contributed by atoms with van der Waals surface area (Å²) < 4.78 is 5.79. The number of benzene rings is 1. The summed E-state index contributed by atoms with van der Waals surface area (Å²) in [5.41, 5.74) is 13.2. The van der Waals surface area contributed by atoms with Crippen molar-refractivity contribution in [1.29, 1.82) is 0 Å². The van der Waals surface area contributed by atoms with Crippen LogP contribution in [0.5, 0.6) is 0 Å². The van der Waals surface area contributed by atoms with Gasteiger partial charge >= 0.3 is 11.9 Å². The number of non-ortho nitro benzene ring substituents is 1. The Morgan fingerprint density at radius 1 is 1.12 bits per heavy atom. The van der Waals surface area contributed by atoms with Crippen LogP contribution < -0.4 is 22.0 Å². The Hall–Kier alpha value is -4.22. The van der Waals surface area contributed by atoms with Gasteiger partial charge in [0.25, 0.3) is 11.6 Å². The third-order valence-corrected chi connectivity index (χ3v) is 4.93. The van der Waals surface area contributed by atoms with Crippen molar-refractivity contribution in [2.75, 3.05) is 0 Å². The van der Waals surface area contributed by atoms with E-state index in [1.807, 2.05) is 13.8 Å². The maximum absolute atomic E-state index is 12.7. The van der Waals surface area contributed by atoms with Gasteiger partial charge in [-0.3, -0.25) is 30.6 Å². The lowest BCUT2D eigenvalue weighted by atomic mass is 9.75. The first-order valence-electron chi connectivity index (χ1n) is 9.58. The summed E-state index contributed by atoms with van der Waals surface area (Å²) in [6.45, 7) is 5.67. The largest absolute Gasteiger partial charge is 0.455 e. The number of fused-ring (bicyclic) bond motifs is 1. The first-order valence-corrected chi connectivity index (χ1v) is 9.58. The highest BCUT2D eigenvalue weighted by atomic mass is 16.6. The molecule has 1 aromatic heterocycles. The number of nitro groups is 1. The van der Waals surface area contributed by atoms with Gasteiger partial charge < -0.3 is 10.2 Å². The molecule has 12 heteroatoms. The summed E-state index contributed by atoms with van der Waals surface area (Å²) in [7, 11) is 0. The topological polar surface area (TPSA) is 182 Å². The number of nitrogens with one attached hydrogen (secondary N) is 3. The van der Waals surface area contributed by atoms with Crippen molar-refractivity contribution < 1.29 is 23.7 Å². The number of rotatable bonds is 4. The normalized spacial score (nSPS) is 15.5. The van der Waals surface area contributed by atoms with Crippen LogP contribution in [0, 0.1) is 22.5 Å². The van der Waals surface area contributed by atoms with Crippen molar-refractivity contribution >= 4 is 29.2 Å². The number of hydrazone groups is 1. The van der Waals surface area contributed by atoms with E-state index in [1.165, 1.54) is 24.3 Å². The van der Waals surface area contributed by atoms with E-state index in [9.17, 15) is 24.5 Å². The van der Waals surface area contributed by atoms with Crippen LogP contribution in [0.2, 0.25) is 0 Å². The Morgan fingerprint density at radius 2 is 1.75 bits per heavy atom. The molecule has 0 unspecified atom stereocenters. The summed E-state index contributed by atoms with van der Waals surface area (Å²) in [5, 5.41) is 14.8. The fraction of sp³-hybridized carbons (Fsp3) is 0.300. The molecule has 4 amide bonds. The molecule has 0 fully saturated rings. The summed E-state index contributed by atoms with van der Waals surface area (Å²) in [6.07, 6.45) is 1.07. The van der Waals surface area contributed by atoms with Crippen molar-refractivity contribution in [1.82, 2.24) is 16.3 Å². The van der Waals surface area contributed by atoms with Gasteiger partial charge in [-0.25, -0.2) is 10.2 Å². The van der Waals surface area contributed by atoms with E-state index in [0.29, 0.717) is 35.4 Å². The second kappa shape index (κ2) is 8.49. The molecule has 0 bridgehead atoms. The number of amides is 4. The predicted octanol–water partition coefficient (Wildman–Crippen LogP) is 1.92. The Bertz CT molecular complexity index is 1130. The van der Waals surface area contributed by atoms with Gasteiger partial charge in [0.15, 0.2) is 5.76 Å². The molecule has 0 saturated carbocycles. The highest BCUT2D eigenvalue weighted by Crippen LogP contribution is 2.38. The minimum Gasteiger partial charge on any atom is -0.455 e. The van der Waals surface area contributed by atoms with Crippen LogP contribution in [0.4, 0.5) is 10.5 Å². The standard InChI is InChI=1S/C20H22N6O6/c1-10-15-13(22-25-19(21)29)8-20(2,3)9-14(15)32-16(10)18(28)24-23-17(27)11-4-6-12(7-5-11)26(30)31/h4-7H,8-9H2,1-3H3,(H,23,27)(H,24,28)(H3,21,25,29)/b22-13-. The van der Waals surface area contributed by atoms with Gasteiger partial charge in [-0.15, -0.1) is 0 Å². The molecule has 0 spiro atoms. The van der Waals surface area contributed by atoms with E-state index in [1.54, 1.807) is 6.92 Å². The number of hydrogen-bond donors (Lipinski definition) is 4. The zero-order chi connectivity index (χ0) is 23.6. The Morgan fingerprint density at radius 3 is 2.34 bits per heavy atom. The molecule has 1 aromatic carbocycles. The van der Waals surface area contributed by atoms with Crippen LogP contribution in [-0.2, 0) is 6.42 Å². The monoisotopic (exact) mass is 442 g/mol. The molecule has 1 heterocycles. The molecule has 3 rings (SSSR count). The maximum atomic E-state index is 12.7. The quantitative estimate of drug-likeness (QED) is 0.414. The van der Waals surface area contributed by atoms with Crippen LogP contribution in [0.15, 0.2) is 33.8 Å². The number of nitro benzene ring substituents is 1. The van der Waals surface area contributed by atoms with Gasteiger partial charge in [0.1, 0.15) is 5.76 Å². The average molecular weight is 442 g/mol. The maximum Gasteiger partial charge on any atom is 0.332 e. The molecule has 0 radical (unpaired) electrons. The van der Waals surface area contributed by atoms with E-state index in [-0.39, 0.29) is 22.4 Å². The van der Waals surface area contributed by atoms with Crippen LogP contribution in [0.1, 0.15) is 58.1 Å². The predicted molar refractivity (Wildman–Crippen MR) is 113 cm³/mol. The number of nitrogens with two attached hydrogens (primary N) is 1. The lowest BCUT2D eigenvalue weighted by Crippen LogP contribution is -2.41. The average Bonchev–Trinajstić information content (AvgIpc) is 3.05. The van der Waals surface area contributed by atoms with Gasteiger partial charge in [0.2, 0.25) is 0 Å². The van der Waals surface area contributed by atoms with Crippen molar-refractivity contribution in [2.24, 2.45) is 16.3 Å². The molecule has 0 atom stereocenters. The summed E-state index contributed by atoms with van der Waals surface area (Å²) >= 11 is 0. The molecule has 5 N–H and O–H groups in total. The minimum atomic E-state index is -0.810. The van der Waals surface area contributed by atoms with Crippen LogP contribution in [-0.4, -0.2) is 28.5 Å². The van der Waals surface area contributed by atoms with Crippen LogP contribution in [0.25, 0.3) is 0 Å². The highest BCUT2D eigenvalue weighted by Gasteiger charge is 2.36. The van der Waals surface area contributed by atoms with Gasteiger partial charge in [0, 0.05) is 35.2 Å². The molecule has 168 valence electrons. The van der Waals surface area contributed by atoms with Gasteiger partial charge in [-0.2, -0.15) is 5.10 Å². The second-order valence-electron chi connectivity index (χ2n) is 8.12. The van der Waals surface area contributed by atoms with Crippen molar-refractivity contribution in [3.05, 3.63) is 62.6 Å². The minimum absolute atomic E-state index is 0.0107. The lowest BCUT2D eigenvalue weighted by molar-refractivity contribution is -0.384. The fourth-order valence-corrected chi connectivity index (χ4v) is 3.53. The second-order valence-corrected chi connectivity index (χ2v) is 8.12. The molecule has 2 aromatic rings. The van der Waals surface area contributed by atoms with Crippen molar-refractivity contribution in [3.8, 4) is 0 Å². The first-order chi connectivity index (χ1) is 15.0. The molecular formula is C20H22N6O6. The number of carbonyl (C=O) groups is 3. The van der Waals surface area contributed by atoms with E-state index in [0.717, 1.165) is 0 Å². The third kappa shape index (κ3) is 4.74. The van der Waals surface area contributed by atoms with E-state index in [2.05, 4.69) is 21.4 Å². The van der Waals surface area contributed by atoms with E-state index >= 15 is 0 Å². The molecule has 12 nitrogen and oxygen atoms in total. The zero-order valence-electron chi connectivity index (χ0n) is 17.6. The Balaban J connectivity index is 1.78. The molecule has 0 aliphatic heterocycles. The Kier molecular flexibility index (Phi) is 5.96. The van der Waals surface area contributed by atoms with Gasteiger partial charge in [-0.05, 0) is 30.9 Å². The number of carbonyl (C=O) groups excluding carboxylic acids is 3. The summed E-state index contributed by atoms with van der Waals surface area (Å²) in [6, 6.07) is 4.10. The number of nitrogens with zero attached hydrogens (tertiary/aromatic N) is 2. The van der Waals surface area contributed by atoms with Crippen molar-refractivity contribution in [2.45, 2.75) is 33.6 Å². The number of hydrazine groups is 1. The van der Waals surface area contributed by atoms with Crippen molar-refractivity contribution in [3.63, 3.8) is 0 Å².